The van der Waals surface area contributed by atoms with E-state index in [4.69, 9.17) is 18.0 Å². The summed E-state index contributed by atoms with van der Waals surface area (Å²) in [6.07, 6.45) is 3.38. The summed E-state index contributed by atoms with van der Waals surface area (Å²) in [6, 6.07) is 10.5. The van der Waals surface area contributed by atoms with Gasteiger partial charge in [0.1, 0.15) is 5.82 Å². The van der Waals surface area contributed by atoms with Crippen LogP contribution >= 0.6 is 12.2 Å². The molecule has 22 heavy (non-hydrogen) atoms. The fourth-order valence-corrected chi connectivity index (χ4v) is 2.63. The van der Waals surface area contributed by atoms with Gasteiger partial charge in [-0.3, -0.25) is 4.98 Å². The molecule has 0 unspecified atom stereocenters. The number of nitrogens with zero attached hydrogens (tertiary/aromatic N) is 4. The minimum atomic E-state index is 0.195. The molecular formula is C15H18N6S. The lowest BCUT2D eigenvalue weighted by Crippen LogP contribution is -2.46. The van der Waals surface area contributed by atoms with Crippen molar-refractivity contribution in [1.82, 2.24) is 9.97 Å². The topological polar surface area (TPSA) is 70.3 Å². The average molecular weight is 314 g/mol. The zero-order valence-corrected chi connectivity index (χ0v) is 13.0. The third kappa shape index (κ3) is 3.43. The van der Waals surface area contributed by atoms with Crippen LogP contribution in [0, 0.1) is 0 Å². The second-order valence-electron chi connectivity index (χ2n) is 5.06. The molecule has 2 aromatic rings. The summed E-state index contributed by atoms with van der Waals surface area (Å²) in [4.78, 5) is 13.3. The first kappa shape index (κ1) is 14.5. The number of thiocarbonyl (C=S) groups is 1. The lowest BCUT2D eigenvalue weighted by molar-refractivity contribution is 0.646. The quantitative estimate of drug-likeness (QED) is 0.831. The summed E-state index contributed by atoms with van der Waals surface area (Å²) in [5.74, 6) is 1.42. The first-order valence-electron chi connectivity index (χ1n) is 7.16. The molecule has 0 amide bonds. The van der Waals surface area contributed by atoms with Crippen molar-refractivity contribution >= 4 is 34.7 Å². The number of benzene rings is 1. The van der Waals surface area contributed by atoms with E-state index in [0.29, 0.717) is 5.82 Å². The summed E-state index contributed by atoms with van der Waals surface area (Å²) in [6.45, 7) is 3.72. The van der Waals surface area contributed by atoms with E-state index < -0.39 is 0 Å². The van der Waals surface area contributed by atoms with E-state index in [1.807, 2.05) is 6.07 Å². The van der Waals surface area contributed by atoms with Crippen molar-refractivity contribution in [2.24, 2.45) is 5.73 Å². The van der Waals surface area contributed by atoms with Gasteiger partial charge in [0.2, 0.25) is 0 Å². The second-order valence-corrected chi connectivity index (χ2v) is 5.50. The van der Waals surface area contributed by atoms with Gasteiger partial charge in [0, 0.05) is 31.9 Å². The average Bonchev–Trinajstić information content (AvgIpc) is 2.55. The highest BCUT2D eigenvalue weighted by Gasteiger charge is 2.18. The number of rotatable bonds is 3. The zero-order chi connectivity index (χ0) is 15.4. The van der Waals surface area contributed by atoms with E-state index in [-0.39, 0.29) is 5.11 Å². The molecule has 1 fully saturated rings. The molecule has 0 atom stereocenters. The number of para-hydroxylation sites is 1. The summed E-state index contributed by atoms with van der Waals surface area (Å²) in [5, 5.41) is 3.01. The lowest BCUT2D eigenvalue weighted by atomic mass is 10.2. The van der Waals surface area contributed by atoms with Crippen molar-refractivity contribution < 1.29 is 0 Å². The molecule has 0 radical (unpaired) electrons. The van der Waals surface area contributed by atoms with Gasteiger partial charge in [0.15, 0.2) is 10.9 Å². The number of nitrogens with two attached hydrogens (primary N) is 1. The van der Waals surface area contributed by atoms with Crippen LogP contribution < -0.4 is 20.9 Å². The lowest BCUT2D eigenvalue weighted by Gasteiger charge is -2.36. The van der Waals surface area contributed by atoms with Crippen LogP contribution in [-0.2, 0) is 0 Å². The number of piperazine rings is 1. The smallest absolute Gasteiger partial charge is 0.169 e. The number of nitrogens with one attached hydrogen (secondary N) is 1. The standard InChI is InChI=1S/C15H18N6S/c16-15(22)19-13-10-17-11-14(18-13)21-8-6-20(7-9-21)12-4-2-1-3-5-12/h1-5,10-11H,6-9H2,(H3,16,18,19,22). The van der Waals surface area contributed by atoms with Gasteiger partial charge in [-0.15, -0.1) is 0 Å². The van der Waals surface area contributed by atoms with Crippen LogP contribution in [0.1, 0.15) is 0 Å². The van der Waals surface area contributed by atoms with Crippen molar-refractivity contribution in [3.05, 3.63) is 42.7 Å². The van der Waals surface area contributed by atoms with Crippen molar-refractivity contribution in [2.75, 3.05) is 41.3 Å². The minimum Gasteiger partial charge on any atom is -0.376 e. The molecule has 6 nitrogen and oxygen atoms in total. The van der Waals surface area contributed by atoms with Crippen LogP contribution in [0.25, 0.3) is 0 Å². The van der Waals surface area contributed by atoms with Gasteiger partial charge in [0.05, 0.1) is 12.4 Å². The maximum atomic E-state index is 5.47. The van der Waals surface area contributed by atoms with E-state index >= 15 is 0 Å². The third-order valence-electron chi connectivity index (χ3n) is 3.60. The predicted octanol–water partition coefficient (Wildman–Crippen LogP) is 1.46. The Bertz CT molecular complexity index is 639. The first-order valence-corrected chi connectivity index (χ1v) is 7.56. The van der Waals surface area contributed by atoms with Gasteiger partial charge in [-0.25, -0.2) is 4.98 Å². The van der Waals surface area contributed by atoms with Gasteiger partial charge >= 0.3 is 0 Å². The molecule has 7 heteroatoms. The Hall–Kier alpha value is -2.41. The van der Waals surface area contributed by atoms with Crippen molar-refractivity contribution in [1.29, 1.82) is 0 Å². The Kier molecular flexibility index (Phi) is 4.34. The Balaban J connectivity index is 1.65. The van der Waals surface area contributed by atoms with Gasteiger partial charge in [-0.05, 0) is 24.4 Å². The first-order chi connectivity index (χ1) is 10.7. The van der Waals surface area contributed by atoms with Crippen molar-refractivity contribution in [2.45, 2.75) is 0 Å². The van der Waals surface area contributed by atoms with Gasteiger partial charge < -0.3 is 20.9 Å². The Morgan fingerprint density at radius 1 is 1.05 bits per heavy atom. The van der Waals surface area contributed by atoms with E-state index in [2.05, 4.69) is 49.4 Å². The second kappa shape index (κ2) is 6.57. The number of hydrogen-bond acceptors (Lipinski definition) is 5. The predicted molar refractivity (Wildman–Crippen MR) is 93.3 cm³/mol. The van der Waals surface area contributed by atoms with Gasteiger partial charge in [-0.1, -0.05) is 18.2 Å². The molecule has 1 aromatic carbocycles. The molecule has 0 spiro atoms. The molecule has 3 N–H and O–H groups in total. The fraction of sp³-hybridized carbons (Fsp3) is 0.267. The molecule has 3 rings (SSSR count). The highest BCUT2D eigenvalue weighted by molar-refractivity contribution is 7.80. The molecule has 1 aromatic heterocycles. The third-order valence-corrected chi connectivity index (χ3v) is 3.70. The normalized spacial score (nSPS) is 14.7. The number of anilines is 3. The summed E-state index contributed by atoms with van der Waals surface area (Å²) in [7, 11) is 0. The highest BCUT2D eigenvalue weighted by Crippen LogP contribution is 2.19. The monoisotopic (exact) mass is 314 g/mol. The largest absolute Gasteiger partial charge is 0.376 e. The molecule has 1 saturated heterocycles. The van der Waals surface area contributed by atoms with Crippen LogP contribution in [0.4, 0.5) is 17.3 Å². The van der Waals surface area contributed by atoms with E-state index in [1.165, 1.54) is 5.69 Å². The van der Waals surface area contributed by atoms with E-state index in [9.17, 15) is 0 Å². The van der Waals surface area contributed by atoms with Crippen molar-refractivity contribution in [3.8, 4) is 0 Å². The van der Waals surface area contributed by atoms with Crippen LogP contribution in [0.5, 0.6) is 0 Å². The van der Waals surface area contributed by atoms with E-state index in [0.717, 1.165) is 32.0 Å². The molecule has 2 heterocycles. The molecule has 0 aliphatic carbocycles. The molecule has 0 bridgehead atoms. The number of aromatic nitrogens is 2. The maximum absolute atomic E-state index is 5.47. The Morgan fingerprint density at radius 3 is 2.41 bits per heavy atom. The maximum Gasteiger partial charge on any atom is 0.169 e. The summed E-state index contributed by atoms with van der Waals surface area (Å²) in [5.41, 5.74) is 6.73. The minimum absolute atomic E-state index is 0.195. The zero-order valence-electron chi connectivity index (χ0n) is 12.1. The van der Waals surface area contributed by atoms with Crippen LogP contribution in [0.3, 0.4) is 0 Å². The van der Waals surface area contributed by atoms with E-state index in [1.54, 1.807) is 12.4 Å². The molecule has 0 saturated carbocycles. The molecule has 114 valence electrons. The molecule has 1 aliphatic rings. The summed E-state index contributed by atoms with van der Waals surface area (Å²) < 4.78 is 0. The van der Waals surface area contributed by atoms with Gasteiger partial charge in [0.25, 0.3) is 0 Å². The van der Waals surface area contributed by atoms with Gasteiger partial charge in [-0.2, -0.15) is 0 Å². The highest BCUT2D eigenvalue weighted by atomic mass is 32.1. The fourth-order valence-electron chi connectivity index (χ4n) is 2.53. The van der Waals surface area contributed by atoms with Crippen LogP contribution in [0.15, 0.2) is 42.7 Å². The molecular weight excluding hydrogens is 296 g/mol. The Morgan fingerprint density at radius 2 is 1.73 bits per heavy atom. The number of hydrogen-bond donors (Lipinski definition) is 2. The molecule has 1 aliphatic heterocycles. The van der Waals surface area contributed by atoms with Crippen LogP contribution in [-0.4, -0.2) is 41.3 Å². The Labute approximate surface area is 135 Å². The SMILES string of the molecule is NC(=S)Nc1cncc(N2CCN(c3ccccc3)CC2)n1. The van der Waals surface area contributed by atoms with Crippen molar-refractivity contribution in [3.63, 3.8) is 0 Å². The van der Waals surface area contributed by atoms with Crippen LogP contribution in [0.2, 0.25) is 0 Å². The summed E-state index contributed by atoms with van der Waals surface area (Å²) >= 11 is 4.83.